The summed E-state index contributed by atoms with van der Waals surface area (Å²) >= 11 is 9.40. The van der Waals surface area contributed by atoms with Crippen molar-refractivity contribution >= 4 is 51.1 Å². The molecule has 0 atom stereocenters. The van der Waals surface area contributed by atoms with Crippen molar-refractivity contribution in [2.24, 2.45) is 0 Å². The fraction of sp³-hybridized carbons (Fsp3) is 0.111. The second-order valence-electron chi connectivity index (χ2n) is 5.34. The topological polar surface area (TPSA) is 76.7 Å². The molecular formula is C18H14BrClN2O4. The molecule has 0 aliphatic carbocycles. The second-order valence-corrected chi connectivity index (χ2v) is 6.67. The van der Waals surface area contributed by atoms with Crippen molar-refractivity contribution in [3.63, 3.8) is 0 Å². The number of amides is 2. The van der Waals surface area contributed by atoms with Crippen LogP contribution in [0.3, 0.4) is 0 Å². The Labute approximate surface area is 163 Å². The van der Waals surface area contributed by atoms with E-state index in [9.17, 15) is 9.59 Å². The van der Waals surface area contributed by atoms with E-state index in [0.717, 1.165) is 4.47 Å². The Kier molecular flexibility index (Phi) is 5.80. The Bertz CT molecular complexity index is 868. The third-order valence-electron chi connectivity index (χ3n) is 3.43. The van der Waals surface area contributed by atoms with Gasteiger partial charge in [0, 0.05) is 16.2 Å². The smallest absolute Gasteiger partial charge is 0.244 e. The van der Waals surface area contributed by atoms with E-state index in [4.69, 9.17) is 21.1 Å². The van der Waals surface area contributed by atoms with Gasteiger partial charge in [0.05, 0.1) is 11.6 Å². The Balaban J connectivity index is 1.51. The van der Waals surface area contributed by atoms with Crippen molar-refractivity contribution in [2.75, 3.05) is 18.7 Å². The number of carbonyl (C=O) groups is 2. The van der Waals surface area contributed by atoms with Gasteiger partial charge in [0.2, 0.25) is 18.6 Å². The van der Waals surface area contributed by atoms with Crippen LogP contribution in [-0.4, -0.2) is 25.2 Å². The van der Waals surface area contributed by atoms with Crippen LogP contribution in [0, 0.1) is 0 Å². The minimum atomic E-state index is -0.398. The van der Waals surface area contributed by atoms with Gasteiger partial charge in [-0.1, -0.05) is 27.5 Å². The van der Waals surface area contributed by atoms with Gasteiger partial charge in [-0.3, -0.25) is 9.59 Å². The molecule has 3 rings (SSSR count). The van der Waals surface area contributed by atoms with E-state index < -0.39 is 5.91 Å². The number of hydrogen-bond acceptors (Lipinski definition) is 4. The van der Waals surface area contributed by atoms with Crippen molar-refractivity contribution in [1.82, 2.24) is 5.32 Å². The maximum atomic E-state index is 11.9. The first-order valence-corrected chi connectivity index (χ1v) is 8.79. The molecule has 6 nitrogen and oxygen atoms in total. The summed E-state index contributed by atoms with van der Waals surface area (Å²) in [6.45, 7) is -0.0165. The van der Waals surface area contributed by atoms with Crippen molar-refractivity contribution < 1.29 is 19.1 Å². The number of fused-ring (bicyclic) bond motifs is 1. The number of benzene rings is 2. The summed E-state index contributed by atoms with van der Waals surface area (Å²) in [4.78, 5) is 23.7. The van der Waals surface area contributed by atoms with Gasteiger partial charge in [-0.15, -0.1) is 0 Å². The van der Waals surface area contributed by atoms with Crippen LogP contribution in [0.4, 0.5) is 5.69 Å². The van der Waals surface area contributed by atoms with Crippen LogP contribution in [0.2, 0.25) is 5.02 Å². The summed E-state index contributed by atoms with van der Waals surface area (Å²) in [5, 5.41) is 5.61. The molecule has 134 valence electrons. The zero-order valence-electron chi connectivity index (χ0n) is 13.4. The third-order valence-corrected chi connectivity index (χ3v) is 4.24. The Hall–Kier alpha value is -2.51. The van der Waals surface area contributed by atoms with Gasteiger partial charge < -0.3 is 20.1 Å². The molecular weight excluding hydrogens is 424 g/mol. The predicted molar refractivity (Wildman–Crippen MR) is 102 cm³/mol. The van der Waals surface area contributed by atoms with E-state index in [-0.39, 0.29) is 19.2 Å². The summed E-state index contributed by atoms with van der Waals surface area (Å²) in [5.74, 6) is 0.314. The molecule has 0 spiro atoms. The number of halogens is 2. The second kappa shape index (κ2) is 8.25. The van der Waals surface area contributed by atoms with Crippen LogP contribution in [0.25, 0.3) is 6.08 Å². The molecule has 0 saturated carbocycles. The van der Waals surface area contributed by atoms with Gasteiger partial charge in [-0.05, 0) is 48.0 Å². The minimum absolute atomic E-state index is 0.121. The quantitative estimate of drug-likeness (QED) is 0.701. The zero-order valence-corrected chi connectivity index (χ0v) is 15.8. The Morgan fingerprint density at radius 1 is 1.19 bits per heavy atom. The van der Waals surface area contributed by atoms with E-state index >= 15 is 0 Å². The summed E-state index contributed by atoms with van der Waals surface area (Å²) in [6.07, 6.45) is 2.90. The van der Waals surface area contributed by atoms with E-state index in [1.807, 2.05) is 12.1 Å². The molecule has 0 radical (unpaired) electrons. The van der Waals surface area contributed by atoms with Crippen molar-refractivity contribution in [3.05, 3.63) is 57.5 Å². The number of nitrogens with one attached hydrogen (secondary N) is 2. The first kappa shape index (κ1) is 18.3. The lowest BCUT2D eigenvalue weighted by molar-refractivity contribution is -0.121. The van der Waals surface area contributed by atoms with Gasteiger partial charge in [0.25, 0.3) is 0 Å². The van der Waals surface area contributed by atoms with E-state index in [2.05, 4.69) is 26.6 Å². The monoisotopic (exact) mass is 436 g/mol. The number of anilines is 1. The lowest BCUT2D eigenvalue weighted by atomic mass is 10.2. The molecule has 1 heterocycles. The van der Waals surface area contributed by atoms with Gasteiger partial charge in [0.15, 0.2) is 11.5 Å². The van der Waals surface area contributed by atoms with Crippen LogP contribution in [0.1, 0.15) is 5.56 Å². The van der Waals surface area contributed by atoms with Crippen LogP contribution in [0.15, 0.2) is 46.9 Å². The van der Waals surface area contributed by atoms with E-state index in [0.29, 0.717) is 27.8 Å². The molecule has 2 aromatic rings. The van der Waals surface area contributed by atoms with Crippen LogP contribution < -0.4 is 20.1 Å². The average molecular weight is 438 g/mol. The van der Waals surface area contributed by atoms with E-state index in [1.54, 1.807) is 30.3 Å². The molecule has 8 heteroatoms. The molecule has 0 aromatic heterocycles. The third kappa shape index (κ3) is 4.77. The first-order valence-electron chi connectivity index (χ1n) is 7.62. The molecule has 1 aliphatic rings. The summed E-state index contributed by atoms with van der Waals surface area (Å²) in [5.41, 5.74) is 1.34. The SMILES string of the molecule is O=C(/C=C/c1cc(Cl)c2c(c1)OCO2)NCC(=O)Nc1ccc(Br)cc1. The Morgan fingerprint density at radius 3 is 2.73 bits per heavy atom. The van der Waals surface area contributed by atoms with Crippen LogP contribution >= 0.6 is 27.5 Å². The molecule has 0 bridgehead atoms. The lowest BCUT2D eigenvalue weighted by Gasteiger charge is -2.06. The molecule has 2 aromatic carbocycles. The predicted octanol–water partition coefficient (Wildman–Crippen LogP) is 3.60. The number of carbonyl (C=O) groups excluding carboxylic acids is 2. The highest BCUT2D eigenvalue weighted by Crippen LogP contribution is 2.40. The zero-order chi connectivity index (χ0) is 18.5. The van der Waals surface area contributed by atoms with Crippen molar-refractivity contribution in [1.29, 1.82) is 0 Å². The minimum Gasteiger partial charge on any atom is -0.454 e. The van der Waals surface area contributed by atoms with Crippen LogP contribution in [0.5, 0.6) is 11.5 Å². The maximum absolute atomic E-state index is 11.9. The molecule has 0 saturated heterocycles. The summed E-state index contributed by atoms with van der Waals surface area (Å²) in [7, 11) is 0. The molecule has 26 heavy (non-hydrogen) atoms. The molecule has 2 N–H and O–H groups in total. The fourth-order valence-electron chi connectivity index (χ4n) is 2.22. The largest absolute Gasteiger partial charge is 0.454 e. The highest BCUT2D eigenvalue weighted by atomic mass is 79.9. The van der Waals surface area contributed by atoms with Gasteiger partial charge >= 0.3 is 0 Å². The van der Waals surface area contributed by atoms with Crippen molar-refractivity contribution in [3.8, 4) is 11.5 Å². The standard InChI is InChI=1S/C18H14BrClN2O4/c19-12-2-4-13(5-3-12)22-17(24)9-21-16(23)6-1-11-7-14(20)18-15(8-11)25-10-26-18/h1-8H,9-10H2,(H,21,23)(H,22,24)/b6-1+. The summed E-state index contributed by atoms with van der Waals surface area (Å²) in [6, 6.07) is 10.5. The number of ether oxygens (including phenoxy) is 2. The molecule has 0 unspecified atom stereocenters. The summed E-state index contributed by atoms with van der Waals surface area (Å²) < 4.78 is 11.4. The normalized spacial score (nSPS) is 12.2. The first-order chi connectivity index (χ1) is 12.5. The van der Waals surface area contributed by atoms with Crippen LogP contribution in [-0.2, 0) is 9.59 Å². The molecule has 0 fully saturated rings. The Morgan fingerprint density at radius 2 is 1.96 bits per heavy atom. The lowest BCUT2D eigenvalue weighted by Crippen LogP contribution is -2.31. The highest BCUT2D eigenvalue weighted by molar-refractivity contribution is 9.10. The number of rotatable bonds is 5. The number of hydrogen-bond donors (Lipinski definition) is 2. The molecule has 2 amide bonds. The fourth-order valence-corrected chi connectivity index (χ4v) is 2.76. The highest BCUT2D eigenvalue weighted by Gasteiger charge is 2.17. The average Bonchev–Trinajstić information content (AvgIpc) is 3.09. The van der Waals surface area contributed by atoms with Gasteiger partial charge in [-0.2, -0.15) is 0 Å². The van der Waals surface area contributed by atoms with Gasteiger partial charge in [-0.25, -0.2) is 0 Å². The van der Waals surface area contributed by atoms with E-state index in [1.165, 1.54) is 6.08 Å². The molecule has 1 aliphatic heterocycles. The van der Waals surface area contributed by atoms with Gasteiger partial charge in [0.1, 0.15) is 0 Å². The maximum Gasteiger partial charge on any atom is 0.244 e. The van der Waals surface area contributed by atoms with Crippen molar-refractivity contribution in [2.45, 2.75) is 0 Å².